The van der Waals surface area contributed by atoms with Crippen LogP contribution in [0.5, 0.6) is 0 Å². The van der Waals surface area contributed by atoms with E-state index in [-0.39, 0.29) is 23.8 Å². The summed E-state index contributed by atoms with van der Waals surface area (Å²) in [6, 6.07) is 0. The topological polar surface area (TPSA) is 43.4 Å². The van der Waals surface area contributed by atoms with E-state index in [0.29, 0.717) is 17.8 Å². The summed E-state index contributed by atoms with van der Waals surface area (Å²) < 4.78 is 5.52. The van der Waals surface area contributed by atoms with Crippen LogP contribution in [0.3, 0.4) is 0 Å². The highest BCUT2D eigenvalue weighted by atomic mass is 16.6. The van der Waals surface area contributed by atoms with Gasteiger partial charge in [0.15, 0.2) is 0 Å². The number of hydrogen-bond acceptors (Lipinski definition) is 3. The highest BCUT2D eigenvalue weighted by molar-refractivity contribution is 5.99. The minimum absolute atomic E-state index is 0.0276. The van der Waals surface area contributed by atoms with Crippen LogP contribution in [0.2, 0.25) is 0 Å². The van der Waals surface area contributed by atoms with E-state index in [2.05, 4.69) is 20.8 Å². The molecule has 1 unspecified atom stereocenters. The van der Waals surface area contributed by atoms with E-state index in [1.165, 1.54) is 6.92 Å². The van der Waals surface area contributed by atoms with Crippen LogP contribution < -0.4 is 0 Å². The summed E-state index contributed by atoms with van der Waals surface area (Å²) in [7, 11) is 0. The number of ether oxygens (including phenoxy) is 1. The minimum atomic E-state index is -0.503. The predicted molar refractivity (Wildman–Crippen MR) is 64.3 cm³/mol. The Morgan fingerprint density at radius 3 is 2.53 bits per heavy atom. The number of carbonyl (C=O) groups excluding carboxylic acids is 2. The van der Waals surface area contributed by atoms with Gasteiger partial charge in [0.25, 0.3) is 0 Å². The van der Waals surface area contributed by atoms with Gasteiger partial charge in [0.1, 0.15) is 17.8 Å². The van der Waals surface area contributed by atoms with E-state index in [4.69, 9.17) is 4.74 Å². The maximum atomic E-state index is 11.9. The van der Waals surface area contributed by atoms with Gasteiger partial charge in [0.05, 0.1) is 0 Å². The van der Waals surface area contributed by atoms with Gasteiger partial charge in [-0.2, -0.15) is 0 Å². The Morgan fingerprint density at radius 1 is 1.35 bits per heavy atom. The first-order chi connectivity index (χ1) is 7.93. The fourth-order valence-electron chi connectivity index (χ4n) is 3.62. The molecule has 1 saturated carbocycles. The first kappa shape index (κ1) is 12.6. The lowest BCUT2D eigenvalue weighted by atomic mass is 9.65. The number of rotatable bonds is 2. The predicted octanol–water partition coefficient (Wildman–Crippen LogP) is 2.44. The summed E-state index contributed by atoms with van der Waals surface area (Å²) in [4.78, 5) is 23.5. The Morgan fingerprint density at radius 2 is 2.00 bits per heavy atom. The average Bonchev–Trinajstić information content (AvgIpc) is 2.55. The number of esters is 1. The molecule has 3 nitrogen and oxygen atoms in total. The van der Waals surface area contributed by atoms with Crippen LogP contribution in [0, 0.1) is 29.6 Å². The number of hydrogen-bond donors (Lipinski definition) is 0. The lowest BCUT2D eigenvalue weighted by Gasteiger charge is -2.39. The molecule has 1 aliphatic carbocycles. The first-order valence-electron chi connectivity index (χ1n) is 6.64. The molecule has 1 aliphatic heterocycles. The molecule has 17 heavy (non-hydrogen) atoms. The molecule has 0 spiro atoms. The molecule has 2 aliphatic rings. The average molecular weight is 238 g/mol. The van der Waals surface area contributed by atoms with Gasteiger partial charge in [-0.25, -0.2) is 0 Å². The van der Waals surface area contributed by atoms with E-state index in [1.54, 1.807) is 0 Å². The van der Waals surface area contributed by atoms with Crippen LogP contribution in [0.15, 0.2) is 0 Å². The third kappa shape index (κ3) is 2.00. The molecule has 2 fully saturated rings. The van der Waals surface area contributed by atoms with Gasteiger partial charge in [-0.05, 0) is 37.5 Å². The molecular weight excluding hydrogens is 216 g/mol. The molecule has 96 valence electrons. The zero-order chi connectivity index (χ0) is 12.7. The molecule has 0 radical (unpaired) electrons. The van der Waals surface area contributed by atoms with E-state index in [1.807, 2.05) is 0 Å². The van der Waals surface area contributed by atoms with Crippen LogP contribution in [0.25, 0.3) is 0 Å². The van der Waals surface area contributed by atoms with Crippen molar-refractivity contribution >= 4 is 11.8 Å². The smallest absolute Gasteiger partial charge is 0.317 e. The van der Waals surface area contributed by atoms with Crippen molar-refractivity contribution in [2.24, 2.45) is 29.6 Å². The zero-order valence-corrected chi connectivity index (χ0v) is 11.1. The number of ketones is 1. The molecule has 5 atom stereocenters. The normalized spacial score (nSPS) is 41.2. The molecule has 0 N–H and O–H groups in total. The molecule has 0 aromatic carbocycles. The van der Waals surface area contributed by atoms with E-state index in [9.17, 15) is 9.59 Å². The van der Waals surface area contributed by atoms with Gasteiger partial charge in [0, 0.05) is 5.92 Å². The van der Waals surface area contributed by atoms with Crippen molar-refractivity contribution in [2.75, 3.05) is 0 Å². The largest absolute Gasteiger partial charge is 0.461 e. The van der Waals surface area contributed by atoms with Crippen molar-refractivity contribution in [3.05, 3.63) is 0 Å². The monoisotopic (exact) mass is 238 g/mol. The fourth-order valence-corrected chi connectivity index (χ4v) is 3.62. The number of Topliss-reactive ketones (excluding diaryl/α,β-unsaturated/α-hetero) is 1. The zero-order valence-electron chi connectivity index (χ0n) is 11.1. The van der Waals surface area contributed by atoms with E-state index >= 15 is 0 Å². The molecule has 1 saturated heterocycles. The quantitative estimate of drug-likeness (QED) is 0.548. The van der Waals surface area contributed by atoms with Crippen LogP contribution in [0.1, 0.15) is 40.5 Å². The van der Waals surface area contributed by atoms with Crippen molar-refractivity contribution < 1.29 is 14.3 Å². The van der Waals surface area contributed by atoms with Crippen LogP contribution in [-0.4, -0.2) is 17.9 Å². The summed E-state index contributed by atoms with van der Waals surface area (Å²) in [5.74, 6) is 0.636. The summed E-state index contributed by atoms with van der Waals surface area (Å²) in [6.45, 7) is 8.01. The van der Waals surface area contributed by atoms with Crippen LogP contribution in [0.4, 0.5) is 0 Å². The van der Waals surface area contributed by atoms with Gasteiger partial charge in [0.2, 0.25) is 0 Å². The number of carbonyl (C=O) groups is 2. The minimum Gasteiger partial charge on any atom is -0.461 e. The van der Waals surface area contributed by atoms with Crippen molar-refractivity contribution in [2.45, 2.75) is 46.6 Å². The summed E-state index contributed by atoms with van der Waals surface area (Å²) in [5.41, 5.74) is 0. The Balaban J connectivity index is 2.29. The molecule has 1 heterocycles. The molecule has 3 heteroatoms. The van der Waals surface area contributed by atoms with Gasteiger partial charge < -0.3 is 4.74 Å². The maximum absolute atomic E-state index is 11.9. The third-order valence-corrected chi connectivity index (χ3v) is 4.60. The molecular formula is C14H22O3. The van der Waals surface area contributed by atoms with Crippen molar-refractivity contribution in [3.63, 3.8) is 0 Å². The van der Waals surface area contributed by atoms with Gasteiger partial charge in [-0.1, -0.05) is 20.8 Å². The second kappa shape index (κ2) is 4.43. The lowest BCUT2D eigenvalue weighted by molar-refractivity contribution is -0.148. The van der Waals surface area contributed by atoms with E-state index < -0.39 is 5.92 Å². The van der Waals surface area contributed by atoms with Crippen LogP contribution in [-0.2, 0) is 14.3 Å². The highest BCUT2D eigenvalue weighted by Crippen LogP contribution is 2.47. The van der Waals surface area contributed by atoms with Gasteiger partial charge >= 0.3 is 5.97 Å². The SMILES string of the molecule is CC(=O)C1C(=O)O[C@@H]2[C@@H]1[C@H](C)CC[C@H]2C(C)C. The molecule has 0 aromatic heterocycles. The van der Waals surface area contributed by atoms with Crippen LogP contribution >= 0.6 is 0 Å². The van der Waals surface area contributed by atoms with Gasteiger partial charge in [-0.15, -0.1) is 0 Å². The second-order valence-corrected chi connectivity index (χ2v) is 6.03. The second-order valence-electron chi connectivity index (χ2n) is 6.03. The van der Waals surface area contributed by atoms with Crippen molar-refractivity contribution in [1.29, 1.82) is 0 Å². The summed E-state index contributed by atoms with van der Waals surface area (Å²) in [6.07, 6.45) is 2.18. The molecule has 0 bridgehead atoms. The highest BCUT2D eigenvalue weighted by Gasteiger charge is 2.54. The summed E-state index contributed by atoms with van der Waals surface area (Å²) >= 11 is 0. The van der Waals surface area contributed by atoms with Crippen molar-refractivity contribution in [3.8, 4) is 0 Å². The molecule has 0 aromatic rings. The lowest BCUT2D eigenvalue weighted by Crippen LogP contribution is -2.41. The Kier molecular flexibility index (Phi) is 3.28. The summed E-state index contributed by atoms with van der Waals surface area (Å²) in [5, 5.41) is 0. The standard InChI is InChI=1S/C14H22O3/c1-7(2)10-6-5-8(3)11-12(9(4)15)14(16)17-13(10)11/h7-8,10-13H,5-6H2,1-4H3/t8-,10+,11-,12?,13+/m1/s1. The van der Waals surface area contributed by atoms with Crippen molar-refractivity contribution in [1.82, 2.24) is 0 Å². The first-order valence-corrected chi connectivity index (χ1v) is 6.64. The van der Waals surface area contributed by atoms with E-state index in [0.717, 1.165) is 12.8 Å². The maximum Gasteiger partial charge on any atom is 0.317 e. The Labute approximate surface area is 103 Å². The Hall–Kier alpha value is -0.860. The Bertz CT molecular complexity index is 334. The molecule has 2 rings (SSSR count). The molecule has 0 amide bonds. The van der Waals surface area contributed by atoms with Gasteiger partial charge in [-0.3, -0.25) is 9.59 Å². The number of fused-ring (bicyclic) bond motifs is 1. The fraction of sp³-hybridized carbons (Fsp3) is 0.857. The third-order valence-electron chi connectivity index (χ3n) is 4.60.